The molecule has 2 heterocycles. The number of nitrogens with zero attached hydrogens (tertiary/aromatic N) is 2. The van der Waals surface area contributed by atoms with Crippen LogP contribution in [0.3, 0.4) is 0 Å². The topological polar surface area (TPSA) is 46.5 Å². The van der Waals surface area contributed by atoms with Crippen molar-refractivity contribution >= 4 is 16.9 Å². The van der Waals surface area contributed by atoms with E-state index in [9.17, 15) is 4.79 Å². The van der Waals surface area contributed by atoms with Crippen LogP contribution in [-0.4, -0.2) is 42.3 Å². The second-order valence-electron chi connectivity index (χ2n) is 5.66. The van der Waals surface area contributed by atoms with Crippen LogP contribution in [0.25, 0.3) is 10.9 Å². The van der Waals surface area contributed by atoms with Crippen molar-refractivity contribution in [3.63, 3.8) is 0 Å². The van der Waals surface area contributed by atoms with Crippen LogP contribution in [0.4, 0.5) is 4.79 Å². The molecule has 0 fully saturated rings. The van der Waals surface area contributed by atoms with Crippen molar-refractivity contribution in [1.29, 1.82) is 0 Å². The normalized spacial score (nSPS) is 14.2. The van der Waals surface area contributed by atoms with E-state index in [1.807, 2.05) is 11.8 Å². The van der Waals surface area contributed by atoms with Gasteiger partial charge in [0.1, 0.15) is 0 Å². The van der Waals surface area contributed by atoms with Crippen LogP contribution in [0.2, 0.25) is 0 Å². The molecule has 5 nitrogen and oxygen atoms in total. The maximum absolute atomic E-state index is 12.1. The van der Waals surface area contributed by atoms with Gasteiger partial charge in [0.15, 0.2) is 0 Å². The number of carbonyl (C=O) groups is 1. The molecule has 1 aromatic carbocycles. The summed E-state index contributed by atoms with van der Waals surface area (Å²) in [7, 11) is 1.73. The Morgan fingerprint density at radius 1 is 1.36 bits per heavy atom. The molecule has 1 aromatic heterocycles. The second kappa shape index (κ2) is 6.40. The maximum Gasteiger partial charge on any atom is 0.317 e. The molecule has 0 radical (unpaired) electrons. The number of methoxy groups -OCH3 is 1. The second-order valence-corrected chi connectivity index (χ2v) is 5.66. The Bertz CT molecular complexity index is 678. The molecule has 2 amide bonds. The molecule has 0 aliphatic carbocycles. The van der Waals surface area contributed by atoms with Crippen molar-refractivity contribution in [3.8, 4) is 0 Å². The number of rotatable bonds is 4. The molecular formula is C17H23N3O2. The summed E-state index contributed by atoms with van der Waals surface area (Å²) < 4.78 is 7.46. The van der Waals surface area contributed by atoms with Crippen molar-refractivity contribution in [1.82, 2.24) is 14.8 Å². The first-order valence-electron chi connectivity index (χ1n) is 7.86. The Morgan fingerprint density at radius 3 is 3.00 bits per heavy atom. The Labute approximate surface area is 130 Å². The number of urea groups is 1. The molecule has 3 rings (SSSR count). The first-order valence-corrected chi connectivity index (χ1v) is 7.86. The highest BCUT2D eigenvalue weighted by Crippen LogP contribution is 2.29. The van der Waals surface area contributed by atoms with E-state index in [4.69, 9.17) is 4.74 Å². The quantitative estimate of drug-likeness (QED) is 0.942. The third-order valence-corrected chi connectivity index (χ3v) is 4.23. The van der Waals surface area contributed by atoms with Gasteiger partial charge in [0.2, 0.25) is 0 Å². The average Bonchev–Trinajstić information content (AvgIpc) is 2.76. The molecule has 0 saturated heterocycles. The molecule has 1 aliphatic rings. The summed E-state index contributed by atoms with van der Waals surface area (Å²) in [6.45, 7) is 5.60. The number of hydrogen-bond donors (Lipinski definition) is 1. The van der Waals surface area contributed by atoms with Gasteiger partial charge in [-0.3, -0.25) is 0 Å². The molecule has 1 N–H and O–H groups in total. The lowest BCUT2D eigenvalue weighted by Gasteiger charge is -2.21. The SMILES string of the molecule is CCNC(=O)N1CCc2cn(CCOC)c3cccc(c23)C1. The van der Waals surface area contributed by atoms with Crippen molar-refractivity contribution in [2.45, 2.75) is 26.4 Å². The maximum atomic E-state index is 12.1. The molecule has 0 bridgehead atoms. The first-order chi connectivity index (χ1) is 10.7. The van der Waals surface area contributed by atoms with Crippen molar-refractivity contribution in [3.05, 3.63) is 35.5 Å². The summed E-state index contributed by atoms with van der Waals surface area (Å²) in [5.41, 5.74) is 3.79. The fourth-order valence-electron chi connectivity index (χ4n) is 3.19. The van der Waals surface area contributed by atoms with Crippen LogP contribution in [0.5, 0.6) is 0 Å². The summed E-state index contributed by atoms with van der Waals surface area (Å²) >= 11 is 0. The molecular weight excluding hydrogens is 278 g/mol. The molecule has 118 valence electrons. The molecule has 0 saturated carbocycles. The van der Waals surface area contributed by atoms with E-state index in [0.717, 1.165) is 19.5 Å². The molecule has 5 heteroatoms. The number of carbonyl (C=O) groups excluding carboxylic acids is 1. The van der Waals surface area contributed by atoms with Crippen molar-refractivity contribution in [2.24, 2.45) is 0 Å². The van der Waals surface area contributed by atoms with Crippen molar-refractivity contribution < 1.29 is 9.53 Å². The largest absolute Gasteiger partial charge is 0.383 e. The van der Waals surface area contributed by atoms with Gasteiger partial charge < -0.3 is 19.5 Å². The predicted octanol–water partition coefficient (Wildman–Crippen LogP) is 2.38. The molecule has 22 heavy (non-hydrogen) atoms. The lowest BCUT2D eigenvalue weighted by molar-refractivity contribution is 0.188. The minimum atomic E-state index is 0.0249. The summed E-state index contributed by atoms with van der Waals surface area (Å²) in [6.07, 6.45) is 3.11. The zero-order valence-corrected chi connectivity index (χ0v) is 13.3. The van der Waals surface area contributed by atoms with Gasteiger partial charge in [-0.05, 0) is 30.5 Å². The minimum Gasteiger partial charge on any atom is -0.383 e. The van der Waals surface area contributed by atoms with Crippen LogP contribution >= 0.6 is 0 Å². The summed E-state index contributed by atoms with van der Waals surface area (Å²) in [5.74, 6) is 0. The summed E-state index contributed by atoms with van der Waals surface area (Å²) in [4.78, 5) is 14.0. The smallest absolute Gasteiger partial charge is 0.317 e. The van der Waals surface area contributed by atoms with E-state index in [1.165, 1.54) is 22.0 Å². The van der Waals surface area contributed by atoms with Crippen LogP contribution in [-0.2, 0) is 24.2 Å². The van der Waals surface area contributed by atoms with Gasteiger partial charge >= 0.3 is 6.03 Å². The predicted molar refractivity (Wildman–Crippen MR) is 87.0 cm³/mol. The van der Waals surface area contributed by atoms with Gasteiger partial charge in [-0.25, -0.2) is 4.79 Å². The lowest BCUT2D eigenvalue weighted by atomic mass is 10.1. The van der Waals surface area contributed by atoms with Gasteiger partial charge in [-0.1, -0.05) is 12.1 Å². The minimum absolute atomic E-state index is 0.0249. The highest BCUT2D eigenvalue weighted by atomic mass is 16.5. The number of benzene rings is 1. The zero-order chi connectivity index (χ0) is 15.5. The fraction of sp³-hybridized carbons (Fsp3) is 0.471. The molecule has 1 aliphatic heterocycles. The Kier molecular flexibility index (Phi) is 4.34. The number of ether oxygens (including phenoxy) is 1. The number of nitrogens with one attached hydrogen (secondary N) is 1. The average molecular weight is 301 g/mol. The summed E-state index contributed by atoms with van der Waals surface area (Å²) in [6, 6.07) is 6.38. The van der Waals surface area contributed by atoms with Gasteiger partial charge in [-0.15, -0.1) is 0 Å². The van der Waals surface area contributed by atoms with E-state index in [-0.39, 0.29) is 6.03 Å². The van der Waals surface area contributed by atoms with Gasteiger partial charge in [0, 0.05) is 50.4 Å². The van der Waals surface area contributed by atoms with Crippen LogP contribution in [0.15, 0.2) is 24.4 Å². The Morgan fingerprint density at radius 2 is 2.23 bits per heavy atom. The van der Waals surface area contributed by atoms with E-state index < -0.39 is 0 Å². The highest BCUT2D eigenvalue weighted by molar-refractivity contribution is 5.88. The van der Waals surface area contributed by atoms with Crippen LogP contribution in [0, 0.1) is 0 Å². The van der Waals surface area contributed by atoms with Gasteiger partial charge in [-0.2, -0.15) is 0 Å². The van der Waals surface area contributed by atoms with Gasteiger partial charge in [0.25, 0.3) is 0 Å². The number of hydrogen-bond acceptors (Lipinski definition) is 2. The highest BCUT2D eigenvalue weighted by Gasteiger charge is 2.21. The Balaban J connectivity index is 1.95. The third-order valence-electron chi connectivity index (χ3n) is 4.23. The molecule has 0 unspecified atom stereocenters. The third kappa shape index (κ3) is 2.68. The fourth-order valence-corrected chi connectivity index (χ4v) is 3.19. The van der Waals surface area contributed by atoms with Crippen LogP contribution < -0.4 is 5.32 Å². The number of amides is 2. The standard InChI is InChI=1S/C17H23N3O2/c1-3-18-17(21)20-8-7-14-11-19(9-10-22-2)15-6-4-5-13(12-20)16(14)15/h4-6,11H,3,7-10,12H2,1-2H3,(H,18,21). The molecule has 2 aromatic rings. The lowest BCUT2D eigenvalue weighted by Crippen LogP contribution is -2.39. The van der Waals surface area contributed by atoms with Gasteiger partial charge in [0.05, 0.1) is 6.61 Å². The number of aromatic nitrogens is 1. The van der Waals surface area contributed by atoms with E-state index in [0.29, 0.717) is 19.7 Å². The Hall–Kier alpha value is -2.01. The summed E-state index contributed by atoms with van der Waals surface area (Å²) in [5, 5.41) is 4.21. The van der Waals surface area contributed by atoms with E-state index in [2.05, 4.69) is 34.3 Å². The van der Waals surface area contributed by atoms with E-state index >= 15 is 0 Å². The monoisotopic (exact) mass is 301 g/mol. The molecule has 0 atom stereocenters. The molecule has 0 spiro atoms. The van der Waals surface area contributed by atoms with E-state index in [1.54, 1.807) is 7.11 Å². The zero-order valence-electron chi connectivity index (χ0n) is 13.3. The first kappa shape index (κ1) is 14.9. The van der Waals surface area contributed by atoms with Crippen LogP contribution in [0.1, 0.15) is 18.1 Å². The van der Waals surface area contributed by atoms with Crippen molar-refractivity contribution in [2.75, 3.05) is 26.8 Å².